The summed E-state index contributed by atoms with van der Waals surface area (Å²) in [6.07, 6.45) is 1.28. The van der Waals surface area contributed by atoms with Gasteiger partial charge in [-0.2, -0.15) is 0 Å². The van der Waals surface area contributed by atoms with Gasteiger partial charge in [0.1, 0.15) is 5.60 Å². The van der Waals surface area contributed by atoms with E-state index >= 15 is 0 Å². The van der Waals surface area contributed by atoms with E-state index in [1.165, 1.54) is 0 Å². The Morgan fingerprint density at radius 3 is 1.89 bits per heavy atom. The van der Waals surface area contributed by atoms with Gasteiger partial charge in [-0.3, -0.25) is 4.79 Å². The first-order valence-corrected chi connectivity index (χ1v) is 6.78. The lowest BCUT2D eigenvalue weighted by Crippen LogP contribution is -2.47. The Hall–Kier alpha value is -0.570. The third-order valence-corrected chi connectivity index (χ3v) is 3.37. The first kappa shape index (κ1) is 17.4. The smallest absolute Gasteiger partial charge is 0.307 e. The normalized spacial score (nSPS) is 16.2. The van der Waals surface area contributed by atoms with Gasteiger partial charge in [0, 0.05) is 12.0 Å². The van der Waals surface area contributed by atoms with E-state index in [4.69, 9.17) is 4.74 Å². The maximum atomic E-state index is 11.9. The van der Waals surface area contributed by atoms with Crippen molar-refractivity contribution in [1.82, 2.24) is 5.32 Å². The Labute approximate surface area is 113 Å². The second-order valence-electron chi connectivity index (χ2n) is 7.55. The Kier molecular flexibility index (Phi) is 5.86. The fourth-order valence-corrected chi connectivity index (χ4v) is 2.00. The zero-order valence-electron chi connectivity index (χ0n) is 13.4. The molecule has 0 saturated heterocycles. The average molecular weight is 257 g/mol. The van der Waals surface area contributed by atoms with E-state index in [-0.39, 0.29) is 16.8 Å². The van der Waals surface area contributed by atoms with Gasteiger partial charge in [-0.05, 0) is 25.8 Å². The predicted molar refractivity (Wildman–Crippen MR) is 76.6 cm³/mol. The summed E-state index contributed by atoms with van der Waals surface area (Å²) in [6, 6.07) is 0. The van der Waals surface area contributed by atoms with E-state index in [0.29, 0.717) is 13.0 Å². The summed E-state index contributed by atoms with van der Waals surface area (Å²) in [7, 11) is 1.84. The molecule has 0 aliphatic carbocycles. The summed E-state index contributed by atoms with van der Waals surface area (Å²) in [6.45, 7) is 15.6. The molecule has 0 bridgehead atoms. The van der Waals surface area contributed by atoms with E-state index in [1.807, 2.05) is 7.05 Å². The minimum absolute atomic E-state index is 0.0738. The van der Waals surface area contributed by atoms with Crippen molar-refractivity contribution in [2.75, 3.05) is 13.6 Å². The molecule has 1 unspecified atom stereocenters. The molecular formula is C15H31NO2. The predicted octanol–water partition coefficient (Wildman–Crippen LogP) is 3.38. The molecule has 18 heavy (non-hydrogen) atoms. The van der Waals surface area contributed by atoms with Gasteiger partial charge in [0.15, 0.2) is 0 Å². The van der Waals surface area contributed by atoms with Crippen molar-refractivity contribution < 1.29 is 9.53 Å². The number of esters is 1. The van der Waals surface area contributed by atoms with Crippen molar-refractivity contribution in [2.24, 2.45) is 10.8 Å². The average Bonchev–Trinajstić information content (AvgIpc) is 2.09. The molecule has 3 nitrogen and oxygen atoms in total. The van der Waals surface area contributed by atoms with E-state index < -0.39 is 5.60 Å². The molecule has 3 heteroatoms. The first-order chi connectivity index (χ1) is 7.91. The topological polar surface area (TPSA) is 38.3 Å². The van der Waals surface area contributed by atoms with Crippen molar-refractivity contribution in [3.63, 3.8) is 0 Å². The summed E-state index contributed by atoms with van der Waals surface area (Å²) in [5.74, 6) is -0.119. The first-order valence-electron chi connectivity index (χ1n) is 6.78. The fraction of sp³-hybridized carbons (Fsp3) is 0.933. The highest BCUT2D eigenvalue weighted by Gasteiger charge is 2.43. The van der Waals surface area contributed by atoms with Crippen LogP contribution in [-0.2, 0) is 9.53 Å². The molecule has 0 saturated carbocycles. The van der Waals surface area contributed by atoms with Crippen LogP contribution in [0.4, 0.5) is 0 Å². The molecule has 1 N–H and O–H groups in total. The summed E-state index contributed by atoms with van der Waals surface area (Å²) in [5.41, 5.74) is -0.378. The molecule has 0 radical (unpaired) electrons. The Morgan fingerprint density at radius 2 is 1.56 bits per heavy atom. The maximum absolute atomic E-state index is 11.9. The third kappa shape index (κ3) is 5.85. The Balaban J connectivity index is 4.85. The lowest BCUT2D eigenvalue weighted by Gasteiger charge is -2.44. The molecule has 0 aromatic heterocycles. The molecular weight excluding hydrogens is 226 g/mol. The molecule has 0 aliphatic rings. The molecule has 0 rings (SSSR count). The van der Waals surface area contributed by atoms with Crippen molar-refractivity contribution in [1.29, 1.82) is 0 Å². The molecule has 0 aromatic rings. The van der Waals surface area contributed by atoms with Gasteiger partial charge in [-0.25, -0.2) is 0 Å². The number of rotatable bonds is 5. The van der Waals surface area contributed by atoms with E-state index in [0.717, 1.165) is 6.42 Å². The molecule has 0 heterocycles. The van der Waals surface area contributed by atoms with Crippen LogP contribution in [0.25, 0.3) is 0 Å². The van der Waals surface area contributed by atoms with E-state index in [1.54, 1.807) is 0 Å². The van der Waals surface area contributed by atoms with Crippen LogP contribution in [0.3, 0.4) is 0 Å². The molecule has 1 atom stereocenters. The largest absolute Gasteiger partial charge is 0.459 e. The SMILES string of the molecule is CNCCC(=O)OC(C)(CC(C)(C)C)C(C)(C)C. The van der Waals surface area contributed by atoms with E-state index in [2.05, 4.69) is 53.8 Å². The monoisotopic (exact) mass is 257 g/mol. The number of ether oxygens (including phenoxy) is 1. The van der Waals surface area contributed by atoms with Crippen LogP contribution >= 0.6 is 0 Å². The van der Waals surface area contributed by atoms with Crippen LogP contribution in [0.15, 0.2) is 0 Å². The lowest BCUT2D eigenvalue weighted by atomic mass is 9.69. The van der Waals surface area contributed by atoms with Crippen LogP contribution in [0.1, 0.15) is 61.3 Å². The minimum atomic E-state index is -0.434. The molecule has 0 spiro atoms. The second-order valence-corrected chi connectivity index (χ2v) is 7.55. The number of carbonyl (C=O) groups is 1. The number of hydrogen-bond acceptors (Lipinski definition) is 3. The summed E-state index contributed by atoms with van der Waals surface area (Å²) in [4.78, 5) is 11.9. The van der Waals surface area contributed by atoms with Crippen LogP contribution in [0.2, 0.25) is 0 Å². The summed E-state index contributed by atoms with van der Waals surface area (Å²) in [5, 5.41) is 2.97. The van der Waals surface area contributed by atoms with Crippen molar-refractivity contribution in [3.8, 4) is 0 Å². The Morgan fingerprint density at radius 1 is 1.06 bits per heavy atom. The lowest BCUT2D eigenvalue weighted by molar-refractivity contribution is -0.175. The zero-order chi connectivity index (χ0) is 14.6. The fourth-order valence-electron chi connectivity index (χ4n) is 2.00. The highest BCUT2D eigenvalue weighted by Crippen LogP contribution is 2.42. The van der Waals surface area contributed by atoms with Crippen LogP contribution in [-0.4, -0.2) is 25.2 Å². The number of hydrogen-bond donors (Lipinski definition) is 1. The highest BCUT2D eigenvalue weighted by molar-refractivity contribution is 5.70. The minimum Gasteiger partial charge on any atom is -0.459 e. The van der Waals surface area contributed by atoms with Crippen molar-refractivity contribution in [2.45, 2.75) is 66.9 Å². The number of carbonyl (C=O) groups excluding carboxylic acids is 1. The highest BCUT2D eigenvalue weighted by atomic mass is 16.6. The van der Waals surface area contributed by atoms with Gasteiger partial charge in [-0.1, -0.05) is 41.5 Å². The summed E-state index contributed by atoms with van der Waals surface area (Å²) < 4.78 is 5.80. The van der Waals surface area contributed by atoms with Gasteiger partial charge in [0.05, 0.1) is 6.42 Å². The zero-order valence-corrected chi connectivity index (χ0v) is 13.4. The van der Waals surface area contributed by atoms with Gasteiger partial charge in [0.25, 0.3) is 0 Å². The van der Waals surface area contributed by atoms with Crippen LogP contribution < -0.4 is 5.32 Å². The maximum Gasteiger partial charge on any atom is 0.307 e. The van der Waals surface area contributed by atoms with Crippen LogP contribution in [0, 0.1) is 10.8 Å². The van der Waals surface area contributed by atoms with Gasteiger partial charge >= 0.3 is 5.97 Å². The van der Waals surface area contributed by atoms with E-state index in [9.17, 15) is 4.79 Å². The number of nitrogens with one attached hydrogen (secondary N) is 1. The van der Waals surface area contributed by atoms with Gasteiger partial charge < -0.3 is 10.1 Å². The van der Waals surface area contributed by atoms with Gasteiger partial charge in [-0.15, -0.1) is 0 Å². The van der Waals surface area contributed by atoms with Crippen LogP contribution in [0.5, 0.6) is 0 Å². The summed E-state index contributed by atoms with van der Waals surface area (Å²) >= 11 is 0. The Bertz CT molecular complexity index is 273. The van der Waals surface area contributed by atoms with Crippen molar-refractivity contribution in [3.05, 3.63) is 0 Å². The third-order valence-electron chi connectivity index (χ3n) is 3.37. The second kappa shape index (κ2) is 6.05. The molecule has 0 amide bonds. The van der Waals surface area contributed by atoms with Crippen molar-refractivity contribution >= 4 is 5.97 Å². The molecule has 0 aromatic carbocycles. The van der Waals surface area contributed by atoms with Gasteiger partial charge in [0.2, 0.25) is 0 Å². The molecule has 0 fully saturated rings. The molecule has 0 aliphatic heterocycles. The standard InChI is InChI=1S/C15H31NO2/c1-13(2,3)11-15(7,14(4,5)6)18-12(17)9-10-16-8/h16H,9-11H2,1-8H3. The molecule has 108 valence electrons. The quantitative estimate of drug-likeness (QED) is 0.767.